The summed E-state index contributed by atoms with van der Waals surface area (Å²) in [4.78, 5) is 37.3. The molecule has 0 rings (SSSR count). The topological polar surface area (TPSA) is 136 Å². The number of phosphoric acid groups is 2. The number of hydrogen-bond donors (Lipinski definition) is 0. The standard InChI is InChI=1S/Na.H4O7P2.Sn/c;1-8(2,3)7-9(4,5)6;/h;(H2,1,2,3)(H2,4,5,6);/q+1;;+4/p-4. The van der Waals surface area contributed by atoms with Crippen LogP contribution in [0.3, 0.4) is 0 Å². The maximum atomic E-state index is 9.32. The van der Waals surface area contributed by atoms with Gasteiger partial charge in [0.15, 0.2) is 0 Å². The Balaban J connectivity index is -0.000000320. The van der Waals surface area contributed by atoms with Crippen LogP contribution in [0.5, 0.6) is 0 Å². The van der Waals surface area contributed by atoms with Crippen LogP contribution in [0, 0.1) is 0 Å². The maximum Gasteiger partial charge on any atom is 4.00 e. The van der Waals surface area contributed by atoms with Crippen molar-refractivity contribution in [1.82, 2.24) is 0 Å². The molecule has 0 saturated heterocycles. The Bertz CT molecular complexity index is 157. The normalized spacial score (nSPS) is 11.3. The van der Waals surface area contributed by atoms with E-state index >= 15 is 0 Å². The van der Waals surface area contributed by atoms with Crippen LogP contribution in [-0.2, 0) is 13.4 Å². The first-order chi connectivity index (χ1) is 3.71. The molecule has 0 bridgehead atoms. The molecule has 0 heterocycles. The number of hydrogen-bond acceptors (Lipinski definition) is 7. The predicted octanol–water partition coefficient (Wildman–Crippen LogP) is -6.72. The van der Waals surface area contributed by atoms with Crippen molar-refractivity contribution in [2.75, 3.05) is 0 Å². The second-order valence-electron chi connectivity index (χ2n) is 0.976. The molecule has 0 radical (unpaired) electrons. The zero-order chi connectivity index (χ0) is 7.71. The molecule has 7 nitrogen and oxygen atoms in total. The fourth-order valence-corrected chi connectivity index (χ4v) is 1.10. The summed E-state index contributed by atoms with van der Waals surface area (Å²) in [5.41, 5.74) is 0. The van der Waals surface area contributed by atoms with Crippen molar-refractivity contribution in [2.24, 2.45) is 0 Å². The summed E-state index contributed by atoms with van der Waals surface area (Å²) in [7, 11) is -11.4. The van der Waals surface area contributed by atoms with Crippen LogP contribution in [-0.4, -0.2) is 23.9 Å². The van der Waals surface area contributed by atoms with Crippen LogP contribution in [0.1, 0.15) is 0 Å². The second kappa shape index (κ2) is 6.50. The molecule has 0 aliphatic heterocycles. The largest absolute Gasteiger partial charge is 4.00 e. The predicted molar refractivity (Wildman–Crippen MR) is 22.1 cm³/mol. The van der Waals surface area contributed by atoms with Crippen molar-refractivity contribution >= 4 is 39.6 Å². The van der Waals surface area contributed by atoms with Gasteiger partial charge in [-0.2, -0.15) is 0 Å². The van der Waals surface area contributed by atoms with Crippen LogP contribution >= 0.6 is 15.6 Å². The van der Waals surface area contributed by atoms with Gasteiger partial charge in [0.1, 0.15) is 0 Å². The quantitative estimate of drug-likeness (QED) is 0.365. The maximum absolute atomic E-state index is 9.32. The molecule has 0 amide bonds. The average Bonchev–Trinajstić information content (AvgIpc) is 1.14. The van der Waals surface area contributed by atoms with Crippen LogP contribution in [0.15, 0.2) is 0 Å². The summed E-state index contributed by atoms with van der Waals surface area (Å²) in [6, 6.07) is 0. The van der Waals surface area contributed by atoms with E-state index in [1.165, 1.54) is 0 Å². The van der Waals surface area contributed by atoms with E-state index in [1.54, 1.807) is 0 Å². The first-order valence-electron chi connectivity index (χ1n) is 1.46. The summed E-state index contributed by atoms with van der Waals surface area (Å²) in [5, 5.41) is 0. The van der Waals surface area contributed by atoms with E-state index in [4.69, 9.17) is 0 Å². The van der Waals surface area contributed by atoms with Crippen molar-refractivity contribution in [2.45, 2.75) is 0 Å². The fraction of sp³-hybridized carbons (Fsp3) is 0. The Kier molecular flexibility index (Phi) is 11.1. The molecule has 0 aromatic rings. The monoisotopic (exact) mass is 317 g/mol. The molecule has 0 N–H and O–H groups in total. The zero-order valence-corrected chi connectivity index (χ0v) is 11.9. The summed E-state index contributed by atoms with van der Waals surface area (Å²) in [6.07, 6.45) is 0. The van der Waals surface area contributed by atoms with Gasteiger partial charge in [0, 0.05) is 0 Å². The van der Waals surface area contributed by atoms with E-state index in [0.717, 1.165) is 0 Å². The summed E-state index contributed by atoms with van der Waals surface area (Å²) >= 11 is 0. The van der Waals surface area contributed by atoms with Crippen molar-refractivity contribution < 1.29 is 62.6 Å². The minimum Gasteiger partial charge on any atom is -0.790 e. The molecule has 11 heavy (non-hydrogen) atoms. The Labute approximate surface area is 101 Å². The average molecular weight is 316 g/mol. The summed E-state index contributed by atoms with van der Waals surface area (Å²) in [6.45, 7) is 0. The van der Waals surface area contributed by atoms with Gasteiger partial charge >= 0.3 is 53.5 Å². The van der Waals surface area contributed by atoms with Crippen LogP contribution < -0.4 is 49.1 Å². The molecule has 0 aromatic carbocycles. The van der Waals surface area contributed by atoms with E-state index in [9.17, 15) is 28.7 Å². The molecule has 0 unspecified atom stereocenters. The molecule has 11 heteroatoms. The summed E-state index contributed by atoms with van der Waals surface area (Å²) in [5.74, 6) is 0. The third-order valence-corrected chi connectivity index (χ3v) is 1.80. The van der Waals surface area contributed by atoms with Gasteiger partial charge < -0.3 is 33.0 Å². The van der Waals surface area contributed by atoms with E-state index in [1.807, 2.05) is 0 Å². The Morgan fingerprint density at radius 1 is 0.909 bits per heavy atom. The molecule has 0 atom stereocenters. The van der Waals surface area contributed by atoms with Crippen molar-refractivity contribution in [3.8, 4) is 0 Å². The van der Waals surface area contributed by atoms with E-state index in [-0.39, 0.29) is 53.5 Å². The van der Waals surface area contributed by atoms with Crippen LogP contribution in [0.25, 0.3) is 0 Å². The molecule has 0 spiro atoms. The third-order valence-electron chi connectivity index (χ3n) is 0.200. The Hall–Kier alpha value is 2.06. The molecule has 0 fully saturated rings. The van der Waals surface area contributed by atoms with E-state index in [2.05, 4.69) is 4.31 Å². The minimum absolute atomic E-state index is 0. The van der Waals surface area contributed by atoms with E-state index < -0.39 is 15.6 Å². The number of rotatable bonds is 2. The molecular weight excluding hydrogens is 316 g/mol. The van der Waals surface area contributed by atoms with Gasteiger partial charge in [-0.3, -0.25) is 0 Å². The molecule has 0 aliphatic rings. The van der Waals surface area contributed by atoms with Gasteiger partial charge in [0.25, 0.3) is 0 Å². The molecular formula is NaO7P2Sn+. The van der Waals surface area contributed by atoms with Gasteiger partial charge in [-0.25, -0.2) is 0 Å². The Morgan fingerprint density at radius 2 is 1.09 bits per heavy atom. The first kappa shape index (κ1) is 18.8. The minimum atomic E-state index is -5.68. The fourth-order valence-electron chi connectivity index (χ4n) is 0.122. The van der Waals surface area contributed by atoms with Crippen LogP contribution in [0.2, 0.25) is 0 Å². The molecule has 0 saturated carbocycles. The van der Waals surface area contributed by atoms with Gasteiger partial charge in [0.2, 0.25) is 0 Å². The van der Waals surface area contributed by atoms with Crippen molar-refractivity contribution in [1.29, 1.82) is 0 Å². The first-order valence-corrected chi connectivity index (χ1v) is 4.38. The van der Waals surface area contributed by atoms with E-state index in [0.29, 0.717) is 0 Å². The second-order valence-corrected chi connectivity index (χ2v) is 3.42. The molecule has 56 valence electrons. The third kappa shape index (κ3) is 18.8. The molecule has 0 aromatic heterocycles. The zero-order valence-electron chi connectivity index (χ0n) is 5.25. The molecule has 0 aliphatic carbocycles. The van der Waals surface area contributed by atoms with Crippen LogP contribution in [0.4, 0.5) is 0 Å². The van der Waals surface area contributed by atoms with Crippen molar-refractivity contribution in [3.05, 3.63) is 0 Å². The SMILES string of the molecule is O=P([O-])([O-])OP(=O)([O-])[O-].[Na+].[Sn+4]. The van der Waals surface area contributed by atoms with Gasteiger partial charge in [-0.05, 0) is 0 Å². The van der Waals surface area contributed by atoms with Gasteiger partial charge in [0.05, 0.1) is 15.6 Å². The van der Waals surface area contributed by atoms with Gasteiger partial charge in [-0.15, -0.1) is 0 Å². The Morgan fingerprint density at radius 3 is 1.09 bits per heavy atom. The van der Waals surface area contributed by atoms with Crippen molar-refractivity contribution in [3.63, 3.8) is 0 Å². The smallest absolute Gasteiger partial charge is 0.790 e. The van der Waals surface area contributed by atoms with Gasteiger partial charge in [-0.1, -0.05) is 0 Å². The summed E-state index contributed by atoms with van der Waals surface area (Å²) < 4.78 is 21.2.